The quantitative estimate of drug-likeness (QED) is 0.0419. The summed E-state index contributed by atoms with van der Waals surface area (Å²) in [5.74, 6) is -0.668. The van der Waals surface area contributed by atoms with E-state index in [1.54, 1.807) is 0 Å². The fourth-order valence-corrected chi connectivity index (χ4v) is 5.05. The molecule has 0 fully saturated rings. The van der Waals surface area contributed by atoms with Gasteiger partial charge in [-0.05, 0) is 17.5 Å². The molecule has 0 aliphatic carbocycles. The molecule has 0 radical (unpaired) electrons. The maximum atomic E-state index is 12.5. The van der Waals surface area contributed by atoms with Gasteiger partial charge < -0.3 is 19.1 Å². The second-order valence-corrected chi connectivity index (χ2v) is 12.0. The zero-order valence-corrected chi connectivity index (χ0v) is 28.8. The topological polar surface area (TPSA) is 107 Å². The Morgan fingerprint density at radius 1 is 0.617 bits per heavy atom. The van der Waals surface area contributed by atoms with Gasteiger partial charge in [0, 0.05) is 7.05 Å². The number of carbonyl (C=O) groups excluding carboxylic acids is 3. The third kappa shape index (κ3) is 20.8. The third-order valence-electron chi connectivity index (χ3n) is 7.82. The summed E-state index contributed by atoms with van der Waals surface area (Å²) >= 11 is 0. The molecule has 9 heteroatoms. The van der Waals surface area contributed by atoms with E-state index in [1.165, 1.54) is 95.4 Å². The summed E-state index contributed by atoms with van der Waals surface area (Å²) < 4.78 is 15.9. The molecule has 2 aromatic carbocycles. The van der Waals surface area contributed by atoms with E-state index in [9.17, 15) is 14.4 Å². The number of aliphatic imine (C=N–C) groups is 1. The van der Waals surface area contributed by atoms with Crippen LogP contribution in [0.1, 0.15) is 121 Å². The number of nitrogens with one attached hydrogen (secondary N) is 1. The molecule has 0 saturated heterocycles. The molecule has 0 aliphatic heterocycles. The van der Waals surface area contributed by atoms with Crippen molar-refractivity contribution in [1.82, 2.24) is 10.2 Å². The summed E-state index contributed by atoms with van der Waals surface area (Å²) in [6, 6.07) is 18.4. The summed E-state index contributed by atoms with van der Waals surface area (Å²) in [5.41, 5.74) is 1.59. The smallest absolute Gasteiger partial charge is 0.437 e. The Morgan fingerprint density at radius 2 is 1.06 bits per heavy atom. The van der Waals surface area contributed by atoms with E-state index in [1.807, 2.05) is 60.7 Å². The lowest BCUT2D eigenvalue weighted by Crippen LogP contribution is -2.45. The van der Waals surface area contributed by atoms with Crippen molar-refractivity contribution in [2.45, 2.75) is 123 Å². The number of guanidine groups is 1. The number of ether oxygens (including phenoxy) is 3. The number of nitrogens with zero attached hydrogens (tertiary/aromatic N) is 2. The second kappa shape index (κ2) is 26.2. The second-order valence-electron chi connectivity index (χ2n) is 12.0. The molecular formula is C38H57N3O6. The van der Waals surface area contributed by atoms with E-state index in [2.05, 4.69) is 17.2 Å². The Kier molecular flexibility index (Phi) is 21.9. The SMILES string of the molecule is CCCCCCCCCCCCCCCCCCOC(=O)CN(C)/C(=N\C(=O)OCc1ccccc1)NC(=O)OCc1ccccc1. The van der Waals surface area contributed by atoms with E-state index in [0.717, 1.165) is 30.4 Å². The minimum absolute atomic E-state index is 0.0139. The Morgan fingerprint density at radius 3 is 1.55 bits per heavy atom. The molecule has 2 rings (SSSR count). The van der Waals surface area contributed by atoms with Gasteiger partial charge in [-0.2, -0.15) is 0 Å². The molecule has 0 bridgehead atoms. The first-order chi connectivity index (χ1) is 23.0. The molecular weight excluding hydrogens is 594 g/mol. The molecule has 0 unspecified atom stereocenters. The zero-order chi connectivity index (χ0) is 33.8. The molecule has 1 N–H and O–H groups in total. The predicted octanol–water partition coefficient (Wildman–Crippen LogP) is 9.34. The lowest BCUT2D eigenvalue weighted by molar-refractivity contribution is -0.143. The number of esters is 1. The van der Waals surface area contributed by atoms with Crippen molar-refractivity contribution in [3.8, 4) is 0 Å². The number of hydrogen-bond donors (Lipinski definition) is 1. The van der Waals surface area contributed by atoms with Crippen LogP contribution in [0.5, 0.6) is 0 Å². The highest BCUT2D eigenvalue weighted by Crippen LogP contribution is 2.14. The molecule has 47 heavy (non-hydrogen) atoms. The normalized spacial score (nSPS) is 11.1. The molecule has 2 aromatic rings. The van der Waals surface area contributed by atoms with Crippen molar-refractivity contribution < 1.29 is 28.6 Å². The van der Waals surface area contributed by atoms with Gasteiger partial charge >= 0.3 is 18.2 Å². The van der Waals surface area contributed by atoms with Crippen LogP contribution in [0.4, 0.5) is 9.59 Å². The van der Waals surface area contributed by atoms with Gasteiger partial charge in [0.2, 0.25) is 5.96 Å². The number of rotatable bonds is 23. The fraction of sp³-hybridized carbons (Fsp3) is 0.579. The van der Waals surface area contributed by atoms with Crippen molar-refractivity contribution in [2.24, 2.45) is 4.99 Å². The van der Waals surface area contributed by atoms with E-state index in [0.29, 0.717) is 6.61 Å². The van der Waals surface area contributed by atoms with Gasteiger partial charge in [-0.15, -0.1) is 4.99 Å². The van der Waals surface area contributed by atoms with Gasteiger partial charge in [0.1, 0.15) is 19.8 Å². The number of unbranched alkanes of at least 4 members (excludes halogenated alkanes) is 15. The standard InChI is InChI=1S/C38H57N3O6/c1-3-4-5-6-7-8-9-10-11-12-13-14-15-16-17-24-29-45-35(42)30-41(2)36(39-37(43)46-31-33-25-20-18-21-26-33)40-38(44)47-32-34-27-22-19-23-28-34/h18-23,25-28H,3-17,24,29-32H2,1-2H3,(H,39,40,43,44). The molecule has 260 valence electrons. The minimum atomic E-state index is -0.916. The van der Waals surface area contributed by atoms with Crippen LogP contribution in [0.25, 0.3) is 0 Å². The first-order valence-corrected chi connectivity index (χ1v) is 17.6. The summed E-state index contributed by atoms with van der Waals surface area (Å²) in [6.45, 7) is 2.41. The summed E-state index contributed by atoms with van der Waals surface area (Å²) in [4.78, 5) is 42.7. The van der Waals surface area contributed by atoms with Crippen LogP contribution in [0.2, 0.25) is 0 Å². The van der Waals surface area contributed by atoms with Crippen LogP contribution in [0, 0.1) is 0 Å². The fourth-order valence-electron chi connectivity index (χ4n) is 5.05. The molecule has 0 saturated carbocycles. The summed E-state index contributed by atoms with van der Waals surface area (Å²) in [7, 11) is 1.52. The zero-order valence-electron chi connectivity index (χ0n) is 28.8. The highest BCUT2D eigenvalue weighted by molar-refractivity contribution is 5.99. The van der Waals surface area contributed by atoms with Gasteiger partial charge in [0.25, 0.3) is 0 Å². The maximum absolute atomic E-state index is 12.5. The molecule has 0 spiro atoms. The molecule has 0 heterocycles. The summed E-state index contributed by atoms with van der Waals surface area (Å²) in [6.07, 6.45) is 18.7. The Labute approximate surface area is 282 Å². The number of carbonyl (C=O) groups is 3. The van der Waals surface area contributed by atoms with Crippen LogP contribution in [-0.4, -0.2) is 49.2 Å². The third-order valence-corrected chi connectivity index (χ3v) is 7.82. The average Bonchev–Trinajstić information content (AvgIpc) is 3.08. The molecule has 0 atom stereocenters. The van der Waals surface area contributed by atoms with Crippen molar-refractivity contribution in [1.29, 1.82) is 0 Å². The maximum Gasteiger partial charge on any atom is 0.437 e. The molecule has 2 amide bonds. The average molecular weight is 652 g/mol. The van der Waals surface area contributed by atoms with Crippen LogP contribution < -0.4 is 5.32 Å². The van der Waals surface area contributed by atoms with Gasteiger partial charge in [-0.1, -0.05) is 164 Å². The predicted molar refractivity (Wildman–Crippen MR) is 187 cm³/mol. The molecule has 0 aromatic heterocycles. The first kappa shape index (κ1) is 39.3. The largest absolute Gasteiger partial charge is 0.464 e. The molecule has 0 aliphatic rings. The number of amides is 2. The van der Waals surface area contributed by atoms with Crippen LogP contribution in [-0.2, 0) is 32.2 Å². The van der Waals surface area contributed by atoms with Crippen molar-refractivity contribution >= 4 is 24.1 Å². The van der Waals surface area contributed by atoms with Crippen molar-refractivity contribution in [3.63, 3.8) is 0 Å². The number of likely N-dealkylation sites (N-methyl/N-ethyl adjacent to an activating group) is 1. The van der Waals surface area contributed by atoms with Gasteiger partial charge in [0.15, 0.2) is 0 Å². The van der Waals surface area contributed by atoms with E-state index in [4.69, 9.17) is 14.2 Å². The van der Waals surface area contributed by atoms with E-state index < -0.39 is 18.2 Å². The monoisotopic (exact) mass is 651 g/mol. The van der Waals surface area contributed by atoms with E-state index in [-0.39, 0.29) is 25.7 Å². The minimum Gasteiger partial charge on any atom is -0.464 e. The van der Waals surface area contributed by atoms with E-state index >= 15 is 0 Å². The van der Waals surface area contributed by atoms with Crippen LogP contribution in [0.15, 0.2) is 65.7 Å². The van der Waals surface area contributed by atoms with Crippen LogP contribution >= 0.6 is 0 Å². The molecule has 9 nitrogen and oxygen atoms in total. The summed E-state index contributed by atoms with van der Waals surface area (Å²) in [5, 5.41) is 2.45. The number of benzene rings is 2. The highest BCUT2D eigenvalue weighted by Gasteiger charge is 2.18. The highest BCUT2D eigenvalue weighted by atomic mass is 16.6. The lowest BCUT2D eigenvalue weighted by atomic mass is 10.0. The van der Waals surface area contributed by atoms with Gasteiger partial charge in [-0.3, -0.25) is 10.1 Å². The Bertz CT molecular complexity index is 1140. The van der Waals surface area contributed by atoms with Crippen molar-refractivity contribution in [3.05, 3.63) is 71.8 Å². The van der Waals surface area contributed by atoms with Crippen molar-refractivity contribution in [2.75, 3.05) is 20.2 Å². The van der Waals surface area contributed by atoms with Gasteiger partial charge in [0.05, 0.1) is 6.61 Å². The number of alkyl carbamates (subject to hydrolysis) is 1. The first-order valence-electron chi connectivity index (χ1n) is 17.6. The van der Waals surface area contributed by atoms with Crippen LogP contribution in [0.3, 0.4) is 0 Å². The number of hydrogen-bond acceptors (Lipinski definition) is 6. The lowest BCUT2D eigenvalue weighted by Gasteiger charge is -2.20. The Balaban J connectivity index is 1.64. The Hall–Kier alpha value is -3.88. The van der Waals surface area contributed by atoms with Gasteiger partial charge in [-0.25, -0.2) is 9.59 Å².